The van der Waals surface area contributed by atoms with E-state index in [2.05, 4.69) is 54.2 Å². The zero-order valence-corrected chi connectivity index (χ0v) is 18.8. The predicted molar refractivity (Wildman–Crippen MR) is 120 cm³/mol. The molecule has 0 saturated heterocycles. The molecule has 3 nitrogen and oxygen atoms in total. The lowest BCUT2D eigenvalue weighted by molar-refractivity contribution is -0.129. The normalized spacial score (nSPS) is 12.0. The zero-order valence-electron chi connectivity index (χ0n) is 18.8. The number of benzene rings is 2. The fourth-order valence-corrected chi connectivity index (χ4v) is 3.51. The summed E-state index contributed by atoms with van der Waals surface area (Å²) in [7, 11) is 0. The van der Waals surface area contributed by atoms with Gasteiger partial charge in [-0.15, -0.1) is 0 Å². The highest BCUT2D eigenvalue weighted by Gasteiger charge is 2.24. The molecule has 0 spiro atoms. The first kappa shape index (κ1) is 22.7. The average molecular weight is 395 g/mol. The van der Waals surface area contributed by atoms with Crippen LogP contribution in [0.25, 0.3) is 0 Å². The van der Waals surface area contributed by atoms with Gasteiger partial charge < -0.3 is 9.84 Å². The van der Waals surface area contributed by atoms with E-state index in [4.69, 9.17) is 4.74 Å². The Labute approximate surface area is 175 Å². The number of carbonyl (C=O) groups is 1. The molecule has 1 N–H and O–H groups in total. The Bertz CT molecular complexity index is 909. The third-order valence-electron chi connectivity index (χ3n) is 4.79. The molecule has 0 amide bonds. The van der Waals surface area contributed by atoms with Gasteiger partial charge >= 0.3 is 5.97 Å². The molecule has 0 saturated carbocycles. The molecule has 0 aromatic heterocycles. The van der Waals surface area contributed by atoms with E-state index in [0.717, 1.165) is 34.2 Å². The number of para-hydroxylation sites is 1. The van der Waals surface area contributed by atoms with Crippen LogP contribution in [-0.4, -0.2) is 11.1 Å². The highest BCUT2D eigenvalue weighted by molar-refractivity contribution is 5.84. The van der Waals surface area contributed by atoms with Gasteiger partial charge in [0.05, 0.1) is 0 Å². The van der Waals surface area contributed by atoms with Crippen molar-refractivity contribution in [1.29, 1.82) is 0 Å². The number of phenolic OH excluding ortho intramolecular Hbond substituents is 1. The quantitative estimate of drug-likeness (QED) is 0.369. The molecular formula is C26H34O3. The van der Waals surface area contributed by atoms with Crippen molar-refractivity contribution in [3.63, 3.8) is 0 Å². The third-order valence-corrected chi connectivity index (χ3v) is 4.79. The van der Waals surface area contributed by atoms with Crippen molar-refractivity contribution in [3.8, 4) is 11.5 Å². The molecule has 0 atom stereocenters. The molecule has 0 aliphatic carbocycles. The number of aromatic hydroxyl groups is 1. The molecule has 2 aromatic carbocycles. The maximum Gasteiger partial charge on any atom is 0.335 e. The van der Waals surface area contributed by atoms with Crippen molar-refractivity contribution >= 4 is 5.97 Å². The van der Waals surface area contributed by atoms with E-state index in [1.54, 1.807) is 0 Å². The predicted octanol–water partition coefficient (Wildman–Crippen LogP) is 6.27. The number of aryl methyl sites for hydroxylation is 1. The van der Waals surface area contributed by atoms with Crippen molar-refractivity contribution in [2.24, 2.45) is 5.41 Å². The molecule has 2 rings (SSSR count). The van der Waals surface area contributed by atoms with Crippen LogP contribution in [0.3, 0.4) is 0 Å². The molecule has 29 heavy (non-hydrogen) atoms. The molecule has 156 valence electrons. The van der Waals surface area contributed by atoms with Gasteiger partial charge in [0.15, 0.2) is 0 Å². The van der Waals surface area contributed by atoms with E-state index < -0.39 is 5.97 Å². The van der Waals surface area contributed by atoms with Crippen LogP contribution in [0.15, 0.2) is 43.0 Å². The zero-order chi connectivity index (χ0) is 22.0. The lowest BCUT2D eigenvalue weighted by Gasteiger charge is -2.25. The maximum absolute atomic E-state index is 12.0. The second-order valence-electron chi connectivity index (χ2n) is 10.0. The summed E-state index contributed by atoms with van der Waals surface area (Å²) >= 11 is 0. The van der Waals surface area contributed by atoms with Gasteiger partial charge in [0.25, 0.3) is 0 Å². The Balaban J connectivity index is 2.58. The van der Waals surface area contributed by atoms with Crippen LogP contribution in [0.4, 0.5) is 0 Å². The highest BCUT2D eigenvalue weighted by Crippen LogP contribution is 2.38. The average Bonchev–Trinajstić information content (AvgIpc) is 2.58. The topological polar surface area (TPSA) is 46.5 Å². The molecule has 0 bridgehead atoms. The van der Waals surface area contributed by atoms with E-state index in [1.165, 1.54) is 6.08 Å². The summed E-state index contributed by atoms with van der Waals surface area (Å²) in [5.74, 6) is 0.405. The third kappa shape index (κ3) is 5.96. The lowest BCUT2D eigenvalue weighted by Crippen LogP contribution is -2.17. The number of hydrogen-bond donors (Lipinski definition) is 1. The summed E-state index contributed by atoms with van der Waals surface area (Å²) in [4.78, 5) is 12.0. The summed E-state index contributed by atoms with van der Waals surface area (Å²) in [6.45, 7) is 18.3. The Morgan fingerprint density at radius 3 is 2.24 bits per heavy atom. The number of esters is 1. The second-order valence-corrected chi connectivity index (χ2v) is 10.0. The fourth-order valence-electron chi connectivity index (χ4n) is 3.51. The van der Waals surface area contributed by atoms with Gasteiger partial charge in [-0.05, 0) is 40.9 Å². The molecule has 0 fully saturated rings. The van der Waals surface area contributed by atoms with E-state index >= 15 is 0 Å². The van der Waals surface area contributed by atoms with Crippen LogP contribution in [0, 0.1) is 12.3 Å². The summed E-state index contributed by atoms with van der Waals surface area (Å²) < 4.78 is 5.69. The van der Waals surface area contributed by atoms with E-state index in [9.17, 15) is 9.90 Å². The van der Waals surface area contributed by atoms with Crippen molar-refractivity contribution in [1.82, 2.24) is 0 Å². The van der Waals surface area contributed by atoms with Crippen LogP contribution in [0.2, 0.25) is 0 Å². The number of carbonyl (C=O) groups excluding carboxylic acids is 1. The molecule has 3 heteroatoms. The monoisotopic (exact) mass is 394 g/mol. The lowest BCUT2D eigenvalue weighted by atomic mass is 9.83. The smallest absolute Gasteiger partial charge is 0.335 e. The van der Waals surface area contributed by atoms with E-state index in [0.29, 0.717) is 17.9 Å². The SMILES string of the molecule is C=CC(=O)Oc1c(Cc2cccc(CC(C)(C)C)c2O)cc(C)cc1C(C)(C)C. The Hall–Kier alpha value is -2.55. The van der Waals surface area contributed by atoms with Gasteiger partial charge in [-0.3, -0.25) is 0 Å². The summed E-state index contributed by atoms with van der Waals surface area (Å²) in [6.07, 6.45) is 2.44. The molecule has 2 aromatic rings. The molecule has 0 aliphatic heterocycles. The minimum absolute atomic E-state index is 0.0729. The first-order chi connectivity index (χ1) is 13.3. The van der Waals surface area contributed by atoms with Gasteiger partial charge in [-0.1, -0.05) is 84.0 Å². The van der Waals surface area contributed by atoms with Gasteiger partial charge in [-0.25, -0.2) is 4.79 Å². The Morgan fingerprint density at radius 1 is 1.07 bits per heavy atom. The van der Waals surface area contributed by atoms with Crippen molar-refractivity contribution in [2.45, 2.75) is 66.7 Å². The summed E-state index contributed by atoms with van der Waals surface area (Å²) in [5, 5.41) is 10.9. The summed E-state index contributed by atoms with van der Waals surface area (Å²) in [5.41, 5.74) is 4.57. The second kappa shape index (κ2) is 8.44. The minimum Gasteiger partial charge on any atom is -0.507 e. The molecule has 0 unspecified atom stereocenters. The first-order valence-corrected chi connectivity index (χ1v) is 10.1. The molecule has 0 heterocycles. The molecule has 0 aliphatic rings. The minimum atomic E-state index is -0.480. The Morgan fingerprint density at radius 2 is 1.69 bits per heavy atom. The molecular weight excluding hydrogens is 360 g/mol. The maximum atomic E-state index is 12.0. The van der Waals surface area contributed by atoms with Gasteiger partial charge in [-0.2, -0.15) is 0 Å². The van der Waals surface area contributed by atoms with Crippen LogP contribution < -0.4 is 4.74 Å². The number of hydrogen-bond acceptors (Lipinski definition) is 3. The van der Waals surface area contributed by atoms with Crippen molar-refractivity contribution < 1.29 is 14.6 Å². The van der Waals surface area contributed by atoms with Gasteiger partial charge in [0.1, 0.15) is 11.5 Å². The van der Waals surface area contributed by atoms with E-state index in [-0.39, 0.29) is 10.8 Å². The standard InChI is InChI=1S/C26H34O3/c1-9-22(27)29-24-20(13-17(2)14-21(24)26(6,7)8)15-18-11-10-12-19(23(18)28)16-25(3,4)5/h9-14,28H,1,15-16H2,2-8H3. The van der Waals surface area contributed by atoms with Crippen LogP contribution in [-0.2, 0) is 23.1 Å². The van der Waals surface area contributed by atoms with Crippen LogP contribution in [0.1, 0.15) is 69.4 Å². The number of phenols is 1. The van der Waals surface area contributed by atoms with Crippen LogP contribution in [0.5, 0.6) is 11.5 Å². The molecule has 0 radical (unpaired) electrons. The van der Waals surface area contributed by atoms with Crippen LogP contribution >= 0.6 is 0 Å². The fraction of sp³-hybridized carbons (Fsp3) is 0.423. The Kier molecular flexibility index (Phi) is 6.62. The first-order valence-electron chi connectivity index (χ1n) is 10.1. The summed E-state index contributed by atoms with van der Waals surface area (Å²) in [6, 6.07) is 9.97. The van der Waals surface area contributed by atoms with Crippen molar-refractivity contribution in [2.75, 3.05) is 0 Å². The highest BCUT2D eigenvalue weighted by atomic mass is 16.5. The van der Waals surface area contributed by atoms with Crippen molar-refractivity contribution in [3.05, 3.63) is 70.8 Å². The number of rotatable bonds is 5. The van der Waals surface area contributed by atoms with Gasteiger partial charge in [0, 0.05) is 18.1 Å². The van der Waals surface area contributed by atoms with E-state index in [1.807, 2.05) is 31.2 Å². The largest absolute Gasteiger partial charge is 0.507 e. The number of ether oxygens (including phenoxy) is 1. The van der Waals surface area contributed by atoms with Gasteiger partial charge in [0.2, 0.25) is 0 Å².